The first-order valence-electron chi connectivity index (χ1n) is 6.06. The molecule has 19 heavy (non-hydrogen) atoms. The highest BCUT2D eigenvalue weighted by atomic mass is 32.2. The number of hydrogen-bond donors (Lipinski definition) is 2. The highest BCUT2D eigenvalue weighted by molar-refractivity contribution is 7.90. The van der Waals surface area contributed by atoms with Gasteiger partial charge in [0.25, 0.3) is 0 Å². The van der Waals surface area contributed by atoms with Gasteiger partial charge in [-0.2, -0.15) is 0 Å². The molecular weight excluding hydrogens is 264 g/mol. The number of nitrogens with one attached hydrogen (secondary N) is 1. The Bertz CT molecular complexity index is 538. The number of hydrogen-bond acceptors (Lipinski definition) is 4. The molecule has 2 atom stereocenters. The van der Waals surface area contributed by atoms with Crippen LogP contribution in [0.2, 0.25) is 0 Å². The van der Waals surface area contributed by atoms with Crippen LogP contribution in [0.4, 0.5) is 0 Å². The van der Waals surface area contributed by atoms with Gasteiger partial charge in [0, 0.05) is 18.7 Å². The minimum absolute atomic E-state index is 0.109. The molecule has 1 aromatic rings. The summed E-state index contributed by atoms with van der Waals surface area (Å²) in [6, 6.07) is 6.30. The number of rotatable bonds is 5. The zero-order valence-corrected chi connectivity index (χ0v) is 12.2. The Labute approximate surface area is 114 Å². The lowest BCUT2D eigenvalue weighted by Crippen LogP contribution is -2.34. The first kappa shape index (κ1) is 15.7. The molecule has 0 aliphatic carbocycles. The van der Waals surface area contributed by atoms with Crippen LogP contribution >= 0.6 is 0 Å². The van der Waals surface area contributed by atoms with Crippen molar-refractivity contribution in [2.24, 2.45) is 11.7 Å². The van der Waals surface area contributed by atoms with Crippen molar-refractivity contribution in [3.05, 3.63) is 29.8 Å². The Morgan fingerprint density at radius 2 is 1.79 bits per heavy atom. The van der Waals surface area contributed by atoms with E-state index in [1.165, 1.54) is 0 Å². The van der Waals surface area contributed by atoms with Crippen molar-refractivity contribution in [3.63, 3.8) is 0 Å². The molecule has 1 amide bonds. The number of carbonyl (C=O) groups excluding carboxylic acids is 1. The predicted molar refractivity (Wildman–Crippen MR) is 74.3 cm³/mol. The van der Waals surface area contributed by atoms with Crippen molar-refractivity contribution >= 4 is 15.7 Å². The first-order chi connectivity index (χ1) is 8.75. The summed E-state index contributed by atoms with van der Waals surface area (Å²) in [4.78, 5) is 12.0. The van der Waals surface area contributed by atoms with E-state index in [1.54, 1.807) is 31.2 Å². The lowest BCUT2D eigenvalue weighted by Gasteiger charge is -2.17. The molecule has 5 nitrogen and oxygen atoms in total. The van der Waals surface area contributed by atoms with Gasteiger partial charge >= 0.3 is 0 Å². The van der Waals surface area contributed by atoms with Crippen molar-refractivity contribution in [2.45, 2.75) is 24.8 Å². The maximum Gasteiger partial charge on any atom is 0.224 e. The molecule has 0 radical (unpaired) electrons. The number of nitrogens with two attached hydrogens (primary N) is 1. The van der Waals surface area contributed by atoms with Gasteiger partial charge in [0.15, 0.2) is 9.84 Å². The largest absolute Gasteiger partial charge is 0.349 e. The second-order valence-electron chi connectivity index (χ2n) is 4.71. The quantitative estimate of drug-likeness (QED) is 0.839. The van der Waals surface area contributed by atoms with Crippen molar-refractivity contribution in [2.75, 3.05) is 12.8 Å². The van der Waals surface area contributed by atoms with E-state index in [1.807, 2.05) is 6.92 Å². The lowest BCUT2D eigenvalue weighted by atomic mass is 10.1. The topological polar surface area (TPSA) is 89.3 Å². The monoisotopic (exact) mass is 284 g/mol. The molecule has 106 valence electrons. The van der Waals surface area contributed by atoms with Crippen molar-refractivity contribution < 1.29 is 13.2 Å². The molecule has 0 fully saturated rings. The third-order valence-corrected chi connectivity index (χ3v) is 4.10. The van der Waals surface area contributed by atoms with Gasteiger partial charge in [0.1, 0.15) is 0 Å². The molecule has 1 rings (SSSR count). The number of amides is 1. The van der Waals surface area contributed by atoms with Gasteiger partial charge in [-0.1, -0.05) is 19.1 Å². The van der Waals surface area contributed by atoms with Gasteiger partial charge in [-0.15, -0.1) is 0 Å². The molecule has 1 aromatic carbocycles. The Morgan fingerprint density at radius 3 is 2.21 bits per heavy atom. The van der Waals surface area contributed by atoms with E-state index >= 15 is 0 Å². The highest BCUT2D eigenvalue weighted by Crippen LogP contribution is 2.16. The minimum atomic E-state index is -3.19. The van der Waals surface area contributed by atoms with Crippen LogP contribution in [0.3, 0.4) is 0 Å². The average Bonchev–Trinajstić information content (AvgIpc) is 2.36. The summed E-state index contributed by atoms with van der Waals surface area (Å²) in [7, 11) is -3.19. The summed E-state index contributed by atoms with van der Waals surface area (Å²) >= 11 is 0. The third-order valence-electron chi connectivity index (χ3n) is 2.97. The Hall–Kier alpha value is -1.40. The molecule has 0 aromatic heterocycles. The fraction of sp³-hybridized carbons (Fsp3) is 0.462. The summed E-state index contributed by atoms with van der Waals surface area (Å²) in [6.45, 7) is 3.90. The number of sulfone groups is 1. The van der Waals surface area contributed by atoms with E-state index in [4.69, 9.17) is 5.73 Å². The number of carbonyl (C=O) groups is 1. The van der Waals surface area contributed by atoms with Crippen LogP contribution in [0.5, 0.6) is 0 Å². The second-order valence-corrected chi connectivity index (χ2v) is 6.72. The van der Waals surface area contributed by atoms with Gasteiger partial charge in [-0.05, 0) is 24.6 Å². The van der Waals surface area contributed by atoms with E-state index in [2.05, 4.69) is 5.32 Å². The molecule has 0 heterocycles. The van der Waals surface area contributed by atoms with Gasteiger partial charge in [0.05, 0.1) is 10.9 Å². The number of benzene rings is 1. The van der Waals surface area contributed by atoms with Crippen LogP contribution in [0, 0.1) is 5.92 Å². The summed E-state index contributed by atoms with van der Waals surface area (Å²) in [5, 5.41) is 2.84. The fourth-order valence-electron chi connectivity index (χ4n) is 1.55. The maximum absolute atomic E-state index is 11.7. The summed E-state index contributed by atoms with van der Waals surface area (Å²) in [6.07, 6.45) is 1.16. The predicted octanol–water partition coefficient (Wildman–Crippen LogP) is 0.862. The molecule has 0 saturated carbocycles. The zero-order valence-electron chi connectivity index (χ0n) is 11.4. The fourth-order valence-corrected chi connectivity index (χ4v) is 2.18. The first-order valence-corrected chi connectivity index (χ1v) is 7.95. The van der Waals surface area contributed by atoms with Gasteiger partial charge in [-0.25, -0.2) is 8.42 Å². The minimum Gasteiger partial charge on any atom is -0.349 e. The Balaban J connectivity index is 2.79. The smallest absolute Gasteiger partial charge is 0.224 e. The van der Waals surface area contributed by atoms with Crippen LogP contribution in [0.1, 0.15) is 25.5 Å². The van der Waals surface area contributed by atoms with Crippen LogP contribution < -0.4 is 11.1 Å². The summed E-state index contributed by atoms with van der Waals surface area (Å²) in [5.74, 6) is -0.347. The third kappa shape index (κ3) is 4.33. The van der Waals surface area contributed by atoms with E-state index < -0.39 is 9.84 Å². The molecular formula is C13H20N2O3S. The molecule has 0 aliphatic heterocycles. The van der Waals surface area contributed by atoms with Crippen molar-refractivity contribution in [3.8, 4) is 0 Å². The Morgan fingerprint density at radius 1 is 1.26 bits per heavy atom. The van der Waals surface area contributed by atoms with Crippen LogP contribution in [-0.2, 0) is 14.6 Å². The van der Waals surface area contributed by atoms with Gasteiger partial charge in [0.2, 0.25) is 5.91 Å². The van der Waals surface area contributed by atoms with E-state index in [-0.39, 0.29) is 22.8 Å². The molecule has 0 spiro atoms. The van der Waals surface area contributed by atoms with Crippen LogP contribution in [-0.4, -0.2) is 27.1 Å². The molecule has 6 heteroatoms. The molecule has 0 saturated heterocycles. The molecule has 2 unspecified atom stereocenters. The second kappa shape index (κ2) is 6.16. The Kier molecular flexibility index (Phi) is 5.08. The van der Waals surface area contributed by atoms with Crippen LogP contribution in [0.15, 0.2) is 29.2 Å². The van der Waals surface area contributed by atoms with Crippen molar-refractivity contribution in [1.82, 2.24) is 5.32 Å². The molecule has 0 aliphatic rings. The normalized spacial score (nSPS) is 14.7. The van der Waals surface area contributed by atoms with Crippen LogP contribution in [0.25, 0.3) is 0 Å². The average molecular weight is 284 g/mol. The van der Waals surface area contributed by atoms with E-state index in [9.17, 15) is 13.2 Å². The molecule has 3 N–H and O–H groups in total. The summed E-state index contributed by atoms with van der Waals surface area (Å²) in [5.41, 5.74) is 6.28. The SMILES string of the molecule is CC(CN)C(=O)NC(C)c1ccc(S(C)(=O)=O)cc1. The van der Waals surface area contributed by atoms with Crippen molar-refractivity contribution in [1.29, 1.82) is 0 Å². The summed E-state index contributed by atoms with van der Waals surface area (Å²) < 4.78 is 22.7. The highest BCUT2D eigenvalue weighted by Gasteiger charge is 2.15. The zero-order chi connectivity index (χ0) is 14.6. The van der Waals surface area contributed by atoms with Gasteiger partial charge < -0.3 is 11.1 Å². The van der Waals surface area contributed by atoms with E-state index in [0.717, 1.165) is 11.8 Å². The lowest BCUT2D eigenvalue weighted by molar-refractivity contribution is -0.124. The van der Waals surface area contributed by atoms with E-state index in [0.29, 0.717) is 6.54 Å². The maximum atomic E-state index is 11.7. The standard InChI is InChI=1S/C13H20N2O3S/c1-9(8-14)13(16)15-10(2)11-4-6-12(7-5-11)19(3,17)18/h4-7,9-10H,8,14H2,1-3H3,(H,15,16). The van der Waals surface area contributed by atoms with Gasteiger partial charge in [-0.3, -0.25) is 4.79 Å². The molecule has 0 bridgehead atoms.